The first-order valence-corrected chi connectivity index (χ1v) is 8.92. The van der Waals surface area contributed by atoms with Crippen molar-refractivity contribution in [3.8, 4) is 0 Å². The van der Waals surface area contributed by atoms with Gasteiger partial charge in [0.25, 0.3) is 5.78 Å². The quantitative estimate of drug-likeness (QED) is 0.651. The van der Waals surface area contributed by atoms with Gasteiger partial charge in [-0.15, -0.1) is 16.4 Å². The number of nitrogens with zero attached hydrogens (tertiary/aromatic N) is 5. The minimum absolute atomic E-state index is 0.00857. The Hall–Kier alpha value is -2.88. The van der Waals surface area contributed by atoms with Gasteiger partial charge < -0.3 is 10.1 Å². The largest absolute Gasteiger partial charge is 0.466 e. The van der Waals surface area contributed by atoms with Crippen molar-refractivity contribution in [3.05, 3.63) is 34.4 Å². The van der Waals surface area contributed by atoms with Crippen LogP contribution in [0.3, 0.4) is 0 Å². The Bertz CT molecular complexity index is 964. The molecule has 0 aromatic carbocycles. The summed E-state index contributed by atoms with van der Waals surface area (Å²) in [7, 11) is 0. The van der Waals surface area contributed by atoms with Gasteiger partial charge in [-0.1, -0.05) is 0 Å². The lowest BCUT2D eigenvalue weighted by Gasteiger charge is -1.99. The zero-order valence-corrected chi connectivity index (χ0v) is 15.5. The molecule has 26 heavy (non-hydrogen) atoms. The summed E-state index contributed by atoms with van der Waals surface area (Å²) >= 11 is 1.25. The molecule has 0 aliphatic rings. The SMILES string of the molecule is CCOC(=O)Cc1csc(NC(=O)Cc2nc3nc(C)cc(C)n3n2)n1. The van der Waals surface area contributed by atoms with Crippen molar-refractivity contribution in [2.24, 2.45) is 0 Å². The van der Waals surface area contributed by atoms with E-state index in [1.807, 2.05) is 19.9 Å². The van der Waals surface area contributed by atoms with E-state index in [0.717, 1.165) is 11.4 Å². The molecule has 0 aliphatic carbocycles. The van der Waals surface area contributed by atoms with Crippen LogP contribution in [0.5, 0.6) is 0 Å². The minimum atomic E-state index is -0.345. The molecule has 3 rings (SSSR count). The molecule has 3 aromatic heterocycles. The molecule has 0 spiro atoms. The summed E-state index contributed by atoms with van der Waals surface area (Å²) in [4.78, 5) is 36.4. The van der Waals surface area contributed by atoms with Crippen molar-refractivity contribution in [2.45, 2.75) is 33.6 Å². The molecule has 0 aliphatic heterocycles. The van der Waals surface area contributed by atoms with Gasteiger partial charge >= 0.3 is 5.97 Å². The van der Waals surface area contributed by atoms with E-state index in [2.05, 4.69) is 25.4 Å². The third kappa shape index (κ3) is 4.20. The molecule has 10 heteroatoms. The fraction of sp³-hybridized carbons (Fsp3) is 0.375. The number of hydrogen-bond acceptors (Lipinski definition) is 8. The van der Waals surface area contributed by atoms with Crippen LogP contribution in [0.15, 0.2) is 11.4 Å². The first kappa shape index (κ1) is 17.9. The zero-order chi connectivity index (χ0) is 18.7. The van der Waals surface area contributed by atoms with Crippen LogP contribution in [0.25, 0.3) is 5.78 Å². The summed E-state index contributed by atoms with van der Waals surface area (Å²) in [6.45, 7) is 5.86. The molecule has 9 nitrogen and oxygen atoms in total. The molecule has 0 saturated carbocycles. The number of carbonyl (C=O) groups is 2. The number of anilines is 1. The Morgan fingerprint density at radius 2 is 2.04 bits per heavy atom. The number of esters is 1. The second-order valence-electron chi connectivity index (χ2n) is 5.63. The number of aryl methyl sites for hydroxylation is 2. The molecule has 0 saturated heterocycles. The number of hydrogen-bond donors (Lipinski definition) is 1. The summed E-state index contributed by atoms with van der Waals surface area (Å²) in [6, 6.07) is 1.90. The van der Waals surface area contributed by atoms with Crippen LogP contribution in [-0.2, 0) is 27.2 Å². The lowest BCUT2D eigenvalue weighted by molar-refractivity contribution is -0.142. The van der Waals surface area contributed by atoms with Gasteiger partial charge in [0.15, 0.2) is 11.0 Å². The van der Waals surface area contributed by atoms with Gasteiger partial charge in [-0.3, -0.25) is 9.59 Å². The van der Waals surface area contributed by atoms with Gasteiger partial charge in [0.2, 0.25) is 5.91 Å². The lowest BCUT2D eigenvalue weighted by atomic mass is 10.3. The first-order valence-electron chi connectivity index (χ1n) is 8.04. The topological polar surface area (TPSA) is 111 Å². The standard InChI is InChI=1S/C16H18N6O3S/c1-4-25-14(24)6-11-8-26-16(18-11)20-13(23)7-12-19-15-17-9(2)5-10(3)22(15)21-12/h5,8H,4,6-7H2,1-3H3,(H,18,20,23). The van der Waals surface area contributed by atoms with Crippen molar-refractivity contribution in [2.75, 3.05) is 11.9 Å². The third-order valence-electron chi connectivity index (χ3n) is 3.41. The van der Waals surface area contributed by atoms with Crippen molar-refractivity contribution in [1.82, 2.24) is 24.6 Å². The van der Waals surface area contributed by atoms with Crippen molar-refractivity contribution >= 4 is 34.1 Å². The van der Waals surface area contributed by atoms with Crippen LogP contribution in [-0.4, -0.2) is 43.0 Å². The predicted octanol–water partition coefficient (Wildman–Crippen LogP) is 1.48. The van der Waals surface area contributed by atoms with Gasteiger partial charge in [-0.2, -0.15) is 4.98 Å². The maximum atomic E-state index is 12.2. The van der Waals surface area contributed by atoms with E-state index < -0.39 is 0 Å². The average molecular weight is 374 g/mol. The van der Waals surface area contributed by atoms with Crippen LogP contribution in [0.4, 0.5) is 5.13 Å². The van der Waals surface area contributed by atoms with E-state index in [0.29, 0.717) is 29.0 Å². The first-order chi connectivity index (χ1) is 12.4. The van der Waals surface area contributed by atoms with Crippen LogP contribution in [0.1, 0.15) is 29.8 Å². The summed E-state index contributed by atoms with van der Waals surface area (Å²) in [5, 5.41) is 9.13. The van der Waals surface area contributed by atoms with E-state index in [9.17, 15) is 9.59 Å². The van der Waals surface area contributed by atoms with Crippen molar-refractivity contribution in [1.29, 1.82) is 0 Å². The Morgan fingerprint density at radius 3 is 2.81 bits per heavy atom. The molecular weight excluding hydrogens is 356 g/mol. The Labute approximate surface area is 153 Å². The maximum absolute atomic E-state index is 12.2. The minimum Gasteiger partial charge on any atom is -0.466 e. The van der Waals surface area contributed by atoms with Crippen molar-refractivity contribution in [3.63, 3.8) is 0 Å². The molecule has 1 N–H and O–H groups in total. The summed E-state index contributed by atoms with van der Waals surface area (Å²) < 4.78 is 6.48. The van der Waals surface area contributed by atoms with Gasteiger partial charge in [0, 0.05) is 16.8 Å². The average Bonchev–Trinajstić information content (AvgIpc) is 3.14. The maximum Gasteiger partial charge on any atom is 0.311 e. The molecule has 3 aromatic rings. The predicted molar refractivity (Wildman–Crippen MR) is 95.0 cm³/mol. The third-order valence-corrected chi connectivity index (χ3v) is 4.22. The van der Waals surface area contributed by atoms with Crippen LogP contribution in [0, 0.1) is 13.8 Å². The number of rotatable bonds is 6. The molecule has 0 unspecified atom stereocenters. The van der Waals surface area contributed by atoms with Gasteiger partial charge in [0.05, 0.1) is 25.1 Å². The highest BCUT2D eigenvalue weighted by Crippen LogP contribution is 2.16. The summed E-state index contributed by atoms with van der Waals surface area (Å²) in [5.74, 6) is 0.221. The molecule has 0 bridgehead atoms. The number of aromatic nitrogens is 5. The molecule has 0 radical (unpaired) electrons. The molecule has 3 heterocycles. The number of ether oxygens (including phenoxy) is 1. The van der Waals surface area contributed by atoms with Gasteiger partial charge in [-0.25, -0.2) is 14.5 Å². The highest BCUT2D eigenvalue weighted by molar-refractivity contribution is 7.13. The Kier molecular flexibility index (Phi) is 5.21. The molecule has 136 valence electrons. The Morgan fingerprint density at radius 1 is 1.23 bits per heavy atom. The second-order valence-corrected chi connectivity index (χ2v) is 6.49. The van der Waals surface area contributed by atoms with Crippen LogP contribution in [0.2, 0.25) is 0 Å². The zero-order valence-electron chi connectivity index (χ0n) is 14.6. The van der Waals surface area contributed by atoms with Gasteiger partial charge in [-0.05, 0) is 26.8 Å². The number of fused-ring (bicyclic) bond motifs is 1. The van der Waals surface area contributed by atoms with Gasteiger partial charge in [0.1, 0.15) is 0 Å². The number of thiazole rings is 1. The number of nitrogens with one attached hydrogen (secondary N) is 1. The Balaban J connectivity index is 1.63. The van der Waals surface area contributed by atoms with Crippen LogP contribution < -0.4 is 5.32 Å². The normalized spacial score (nSPS) is 10.9. The van der Waals surface area contributed by atoms with E-state index in [1.54, 1.807) is 16.8 Å². The highest BCUT2D eigenvalue weighted by atomic mass is 32.1. The van der Waals surface area contributed by atoms with E-state index in [-0.39, 0.29) is 24.7 Å². The highest BCUT2D eigenvalue weighted by Gasteiger charge is 2.14. The van der Waals surface area contributed by atoms with E-state index in [1.165, 1.54) is 11.3 Å². The summed E-state index contributed by atoms with van der Waals surface area (Å²) in [5.41, 5.74) is 2.30. The lowest BCUT2D eigenvalue weighted by Crippen LogP contribution is -2.15. The van der Waals surface area contributed by atoms with Crippen LogP contribution >= 0.6 is 11.3 Å². The summed E-state index contributed by atoms with van der Waals surface area (Å²) in [6.07, 6.45) is 0.0904. The molecule has 0 fully saturated rings. The number of amides is 1. The van der Waals surface area contributed by atoms with E-state index in [4.69, 9.17) is 4.74 Å². The second kappa shape index (κ2) is 7.56. The van der Waals surface area contributed by atoms with Crippen molar-refractivity contribution < 1.29 is 14.3 Å². The fourth-order valence-corrected chi connectivity index (χ4v) is 3.12. The smallest absolute Gasteiger partial charge is 0.311 e. The van der Waals surface area contributed by atoms with E-state index >= 15 is 0 Å². The fourth-order valence-electron chi connectivity index (χ4n) is 2.40. The number of carbonyl (C=O) groups excluding carboxylic acids is 2. The monoisotopic (exact) mass is 374 g/mol. The molecule has 1 amide bonds. The molecule has 0 atom stereocenters. The molecular formula is C16H18N6O3S.